The van der Waals surface area contributed by atoms with Crippen LogP contribution in [-0.4, -0.2) is 20.9 Å². The van der Waals surface area contributed by atoms with Gasteiger partial charge in [-0.3, -0.25) is 9.78 Å². The van der Waals surface area contributed by atoms with Crippen molar-refractivity contribution < 1.29 is 4.79 Å². The van der Waals surface area contributed by atoms with Crippen LogP contribution in [0.4, 0.5) is 5.82 Å². The predicted octanol–water partition coefficient (Wildman–Crippen LogP) is 2.59. The number of aromatic nitrogens is 3. The van der Waals surface area contributed by atoms with Gasteiger partial charge >= 0.3 is 0 Å². The maximum Gasteiger partial charge on any atom is 0.277 e. The Morgan fingerprint density at radius 1 is 1.10 bits per heavy atom. The molecule has 20 heavy (non-hydrogen) atoms. The average molecular weight is 264 g/mol. The Hall–Kier alpha value is -2.82. The second-order valence-corrected chi connectivity index (χ2v) is 4.42. The van der Waals surface area contributed by atoms with E-state index in [9.17, 15) is 4.79 Å². The first-order valence-electron chi connectivity index (χ1n) is 6.18. The van der Waals surface area contributed by atoms with E-state index in [-0.39, 0.29) is 11.6 Å². The van der Waals surface area contributed by atoms with E-state index in [0.29, 0.717) is 11.3 Å². The van der Waals surface area contributed by atoms with Gasteiger partial charge in [-0.1, -0.05) is 12.1 Å². The molecule has 0 aliphatic rings. The molecule has 1 N–H and O–H groups in total. The number of carbonyl (C=O) groups is 1. The summed E-state index contributed by atoms with van der Waals surface area (Å²) in [4.78, 5) is 24.7. The maximum absolute atomic E-state index is 12.1. The maximum atomic E-state index is 12.1. The van der Waals surface area contributed by atoms with Gasteiger partial charge in [-0.25, -0.2) is 9.97 Å². The number of benzene rings is 1. The lowest BCUT2D eigenvalue weighted by atomic mass is 10.3. The van der Waals surface area contributed by atoms with Crippen LogP contribution in [0.15, 0.2) is 48.8 Å². The van der Waals surface area contributed by atoms with Crippen LogP contribution in [0.1, 0.15) is 16.1 Å². The monoisotopic (exact) mass is 264 g/mol. The quantitative estimate of drug-likeness (QED) is 0.772. The van der Waals surface area contributed by atoms with Crippen molar-refractivity contribution in [3.63, 3.8) is 0 Å². The van der Waals surface area contributed by atoms with Crippen LogP contribution in [0, 0.1) is 6.92 Å². The number of pyridine rings is 1. The standard InChI is InChI=1S/C15H12N4O/c1-10-6-7-16-14(8-10)19-15(20)13-9-17-11-4-2-3-5-12(11)18-13/h2-9H,1H3,(H,16,19,20). The van der Waals surface area contributed by atoms with Crippen molar-refractivity contribution in [3.8, 4) is 0 Å². The smallest absolute Gasteiger partial charge is 0.277 e. The fourth-order valence-electron chi connectivity index (χ4n) is 1.85. The van der Waals surface area contributed by atoms with Crippen LogP contribution in [0.3, 0.4) is 0 Å². The summed E-state index contributed by atoms with van der Waals surface area (Å²) in [7, 11) is 0. The number of aryl methyl sites for hydroxylation is 1. The molecule has 0 fully saturated rings. The first-order valence-corrected chi connectivity index (χ1v) is 6.18. The van der Waals surface area contributed by atoms with Crippen LogP contribution in [0.2, 0.25) is 0 Å². The molecular weight excluding hydrogens is 252 g/mol. The lowest BCUT2D eigenvalue weighted by Crippen LogP contribution is -2.15. The summed E-state index contributed by atoms with van der Waals surface area (Å²) in [5, 5.41) is 2.71. The molecule has 98 valence electrons. The zero-order valence-electron chi connectivity index (χ0n) is 10.9. The van der Waals surface area contributed by atoms with Crippen molar-refractivity contribution in [1.82, 2.24) is 15.0 Å². The number of nitrogens with zero attached hydrogens (tertiary/aromatic N) is 3. The molecule has 3 rings (SSSR count). The SMILES string of the molecule is Cc1ccnc(NC(=O)c2cnc3ccccc3n2)c1. The Morgan fingerprint density at radius 3 is 2.70 bits per heavy atom. The van der Waals surface area contributed by atoms with E-state index in [4.69, 9.17) is 0 Å². The van der Waals surface area contributed by atoms with Crippen molar-refractivity contribution >= 4 is 22.8 Å². The van der Waals surface area contributed by atoms with Gasteiger partial charge < -0.3 is 5.32 Å². The molecule has 2 aromatic heterocycles. The van der Waals surface area contributed by atoms with Gasteiger partial charge in [0.25, 0.3) is 5.91 Å². The Balaban J connectivity index is 1.88. The van der Waals surface area contributed by atoms with E-state index in [2.05, 4.69) is 20.3 Å². The first-order chi connectivity index (χ1) is 9.72. The van der Waals surface area contributed by atoms with Crippen LogP contribution in [-0.2, 0) is 0 Å². The molecule has 0 spiro atoms. The molecule has 0 saturated carbocycles. The highest BCUT2D eigenvalue weighted by Gasteiger charge is 2.10. The number of amides is 1. The first kappa shape index (κ1) is 12.2. The molecule has 0 unspecified atom stereocenters. The minimum atomic E-state index is -0.318. The molecule has 0 radical (unpaired) electrons. The Morgan fingerprint density at radius 2 is 1.90 bits per heavy atom. The third-order valence-electron chi connectivity index (χ3n) is 2.84. The van der Waals surface area contributed by atoms with Crippen molar-refractivity contribution in [2.75, 3.05) is 5.32 Å². The molecule has 5 nitrogen and oxygen atoms in total. The molecule has 0 saturated heterocycles. The van der Waals surface area contributed by atoms with E-state index in [1.54, 1.807) is 12.3 Å². The Labute approximate surface area is 115 Å². The molecule has 0 aliphatic carbocycles. The summed E-state index contributed by atoms with van der Waals surface area (Å²) in [5.41, 5.74) is 2.75. The van der Waals surface area contributed by atoms with Crippen LogP contribution in [0.5, 0.6) is 0 Å². The highest BCUT2D eigenvalue weighted by molar-refractivity contribution is 6.03. The van der Waals surface area contributed by atoms with Gasteiger partial charge in [-0.05, 0) is 36.8 Å². The molecule has 3 aromatic rings. The number of hydrogen-bond donors (Lipinski definition) is 1. The number of carbonyl (C=O) groups excluding carboxylic acids is 1. The molecule has 1 amide bonds. The van der Waals surface area contributed by atoms with Crippen molar-refractivity contribution in [1.29, 1.82) is 0 Å². The number of nitrogens with one attached hydrogen (secondary N) is 1. The molecule has 2 heterocycles. The number of fused-ring (bicyclic) bond motifs is 1. The predicted molar refractivity (Wildman–Crippen MR) is 76.5 cm³/mol. The van der Waals surface area contributed by atoms with Gasteiger partial charge in [0.05, 0.1) is 17.2 Å². The Bertz CT molecular complexity index is 785. The van der Waals surface area contributed by atoms with Crippen LogP contribution in [0.25, 0.3) is 11.0 Å². The fourth-order valence-corrected chi connectivity index (χ4v) is 1.85. The fraction of sp³-hybridized carbons (Fsp3) is 0.0667. The van der Waals surface area contributed by atoms with Crippen molar-refractivity contribution in [2.24, 2.45) is 0 Å². The van der Waals surface area contributed by atoms with E-state index in [0.717, 1.165) is 11.1 Å². The highest BCUT2D eigenvalue weighted by atomic mass is 16.1. The minimum absolute atomic E-state index is 0.270. The normalized spacial score (nSPS) is 10.4. The number of anilines is 1. The lowest BCUT2D eigenvalue weighted by molar-refractivity contribution is 0.102. The molecular formula is C15H12N4O. The highest BCUT2D eigenvalue weighted by Crippen LogP contribution is 2.10. The van der Waals surface area contributed by atoms with Crippen LogP contribution >= 0.6 is 0 Å². The topological polar surface area (TPSA) is 67.8 Å². The molecule has 0 bridgehead atoms. The Kier molecular flexibility index (Phi) is 3.09. The largest absolute Gasteiger partial charge is 0.305 e. The lowest BCUT2D eigenvalue weighted by Gasteiger charge is -2.05. The summed E-state index contributed by atoms with van der Waals surface area (Å²) < 4.78 is 0. The summed E-state index contributed by atoms with van der Waals surface area (Å²) in [6, 6.07) is 11.1. The zero-order chi connectivity index (χ0) is 13.9. The number of hydrogen-bond acceptors (Lipinski definition) is 4. The summed E-state index contributed by atoms with van der Waals surface area (Å²) in [5.74, 6) is 0.186. The zero-order valence-corrected chi connectivity index (χ0v) is 10.9. The van der Waals surface area contributed by atoms with Crippen molar-refractivity contribution in [3.05, 3.63) is 60.0 Å². The molecule has 0 atom stereocenters. The molecule has 5 heteroatoms. The van der Waals surface area contributed by atoms with Gasteiger partial charge in [0, 0.05) is 6.20 Å². The van der Waals surface area contributed by atoms with Crippen molar-refractivity contribution in [2.45, 2.75) is 6.92 Å². The van der Waals surface area contributed by atoms with E-state index in [1.807, 2.05) is 37.3 Å². The molecule has 0 aliphatic heterocycles. The third-order valence-corrected chi connectivity index (χ3v) is 2.84. The van der Waals surface area contributed by atoms with E-state index < -0.39 is 0 Å². The van der Waals surface area contributed by atoms with E-state index in [1.165, 1.54) is 6.20 Å². The average Bonchev–Trinajstić information content (AvgIpc) is 2.47. The third kappa shape index (κ3) is 2.47. The van der Waals surface area contributed by atoms with Gasteiger partial charge in [0.15, 0.2) is 0 Å². The molecule has 1 aromatic carbocycles. The second-order valence-electron chi connectivity index (χ2n) is 4.42. The summed E-state index contributed by atoms with van der Waals surface area (Å²) >= 11 is 0. The minimum Gasteiger partial charge on any atom is -0.305 e. The van der Waals surface area contributed by atoms with Gasteiger partial charge in [0.1, 0.15) is 11.5 Å². The summed E-state index contributed by atoms with van der Waals surface area (Å²) in [6.45, 7) is 1.94. The van der Waals surface area contributed by atoms with Gasteiger partial charge in [0.2, 0.25) is 0 Å². The summed E-state index contributed by atoms with van der Waals surface area (Å²) in [6.07, 6.45) is 3.12. The number of rotatable bonds is 2. The number of para-hydroxylation sites is 2. The van der Waals surface area contributed by atoms with Crippen LogP contribution < -0.4 is 5.32 Å². The second kappa shape index (κ2) is 5.05. The van der Waals surface area contributed by atoms with Gasteiger partial charge in [-0.2, -0.15) is 0 Å². The van der Waals surface area contributed by atoms with E-state index >= 15 is 0 Å². The van der Waals surface area contributed by atoms with Gasteiger partial charge in [-0.15, -0.1) is 0 Å².